The fourth-order valence-electron chi connectivity index (χ4n) is 2.75. The Hall–Kier alpha value is -1.87. The van der Waals surface area contributed by atoms with Crippen LogP contribution in [0.1, 0.15) is 47.2 Å². The molecule has 3 nitrogen and oxygen atoms in total. The summed E-state index contributed by atoms with van der Waals surface area (Å²) in [6.45, 7) is 9.11. The molecule has 1 atom stereocenters. The summed E-state index contributed by atoms with van der Waals surface area (Å²) in [5.74, 6) is 0.784. The van der Waals surface area contributed by atoms with Crippen molar-refractivity contribution in [1.82, 2.24) is 4.98 Å². The number of nitrogens with zero attached hydrogens (tertiary/aromatic N) is 1. The first-order valence-corrected chi connectivity index (χ1v) is 7.44. The van der Waals surface area contributed by atoms with Crippen LogP contribution in [0.15, 0.2) is 30.6 Å². The van der Waals surface area contributed by atoms with Gasteiger partial charge in [0.15, 0.2) is 0 Å². The Morgan fingerprint density at radius 1 is 1.10 bits per heavy atom. The van der Waals surface area contributed by atoms with Gasteiger partial charge in [-0.15, -0.1) is 0 Å². The van der Waals surface area contributed by atoms with Gasteiger partial charge in [0.2, 0.25) is 0 Å². The lowest BCUT2D eigenvalue weighted by molar-refractivity contribution is 0.315. The van der Waals surface area contributed by atoms with Crippen molar-refractivity contribution in [2.45, 2.75) is 40.2 Å². The van der Waals surface area contributed by atoms with Crippen molar-refractivity contribution in [3.63, 3.8) is 0 Å². The molecule has 2 N–H and O–H groups in total. The van der Waals surface area contributed by atoms with Gasteiger partial charge in [0.25, 0.3) is 0 Å². The minimum atomic E-state index is -0.178. The van der Waals surface area contributed by atoms with Crippen molar-refractivity contribution < 1.29 is 4.74 Å². The highest BCUT2D eigenvalue weighted by Gasteiger charge is 2.15. The predicted molar refractivity (Wildman–Crippen MR) is 86.7 cm³/mol. The molecule has 1 unspecified atom stereocenters. The molecule has 0 saturated heterocycles. The van der Waals surface area contributed by atoms with Gasteiger partial charge in [0, 0.05) is 6.20 Å². The van der Waals surface area contributed by atoms with E-state index < -0.39 is 0 Å². The maximum Gasteiger partial charge on any atom is 0.137 e. The molecule has 1 aromatic carbocycles. The number of aromatic nitrogens is 1. The van der Waals surface area contributed by atoms with Crippen LogP contribution in [0.4, 0.5) is 0 Å². The topological polar surface area (TPSA) is 48.1 Å². The molecule has 0 aliphatic heterocycles. The van der Waals surface area contributed by atoms with Gasteiger partial charge in [0.1, 0.15) is 5.75 Å². The van der Waals surface area contributed by atoms with Crippen LogP contribution in [0, 0.1) is 20.8 Å². The van der Waals surface area contributed by atoms with Gasteiger partial charge in [-0.1, -0.05) is 24.6 Å². The maximum atomic E-state index is 6.47. The third-order valence-electron chi connectivity index (χ3n) is 3.62. The van der Waals surface area contributed by atoms with E-state index in [1.54, 1.807) is 6.20 Å². The van der Waals surface area contributed by atoms with E-state index in [-0.39, 0.29) is 6.04 Å². The number of benzene rings is 1. The van der Waals surface area contributed by atoms with E-state index in [2.05, 4.69) is 44.8 Å². The van der Waals surface area contributed by atoms with E-state index in [1.165, 1.54) is 22.3 Å². The molecule has 2 rings (SSSR count). The quantitative estimate of drug-likeness (QED) is 0.907. The molecular weight excluding hydrogens is 260 g/mol. The Morgan fingerprint density at radius 2 is 1.76 bits per heavy atom. The van der Waals surface area contributed by atoms with E-state index in [0.717, 1.165) is 17.7 Å². The molecule has 0 amide bonds. The summed E-state index contributed by atoms with van der Waals surface area (Å²) < 4.78 is 5.64. The zero-order chi connectivity index (χ0) is 15.4. The Balaban J connectivity index is 2.34. The van der Waals surface area contributed by atoms with E-state index in [9.17, 15) is 0 Å². The first kappa shape index (κ1) is 15.5. The highest BCUT2D eigenvalue weighted by molar-refractivity contribution is 5.44. The second-order valence-electron chi connectivity index (χ2n) is 5.59. The highest BCUT2D eigenvalue weighted by Crippen LogP contribution is 2.28. The van der Waals surface area contributed by atoms with Crippen LogP contribution in [0.3, 0.4) is 0 Å². The zero-order valence-corrected chi connectivity index (χ0v) is 13.3. The smallest absolute Gasteiger partial charge is 0.137 e. The van der Waals surface area contributed by atoms with Gasteiger partial charge >= 0.3 is 0 Å². The molecule has 0 aliphatic rings. The fourth-order valence-corrected chi connectivity index (χ4v) is 2.75. The van der Waals surface area contributed by atoms with Crippen molar-refractivity contribution >= 4 is 0 Å². The van der Waals surface area contributed by atoms with Crippen LogP contribution in [0.25, 0.3) is 0 Å². The summed E-state index contributed by atoms with van der Waals surface area (Å²) in [5, 5.41) is 0. The van der Waals surface area contributed by atoms with Crippen LogP contribution < -0.4 is 10.5 Å². The van der Waals surface area contributed by atoms with E-state index in [0.29, 0.717) is 6.61 Å². The maximum absolute atomic E-state index is 6.47. The Kier molecular flexibility index (Phi) is 4.97. The molecule has 0 fully saturated rings. The normalized spacial score (nSPS) is 12.2. The fraction of sp³-hybridized carbons (Fsp3) is 0.389. The largest absolute Gasteiger partial charge is 0.492 e. The van der Waals surface area contributed by atoms with Crippen molar-refractivity contribution in [2.24, 2.45) is 5.73 Å². The molecule has 1 heterocycles. The second kappa shape index (κ2) is 6.72. The van der Waals surface area contributed by atoms with Crippen molar-refractivity contribution in [3.8, 4) is 5.75 Å². The van der Waals surface area contributed by atoms with Crippen LogP contribution in [-0.4, -0.2) is 11.6 Å². The van der Waals surface area contributed by atoms with Crippen LogP contribution in [-0.2, 0) is 0 Å². The summed E-state index contributed by atoms with van der Waals surface area (Å²) in [7, 11) is 0. The van der Waals surface area contributed by atoms with Gasteiger partial charge < -0.3 is 10.5 Å². The minimum Gasteiger partial charge on any atom is -0.492 e. The molecule has 0 aliphatic carbocycles. The predicted octanol–water partition coefficient (Wildman–Crippen LogP) is 3.84. The van der Waals surface area contributed by atoms with Crippen LogP contribution >= 0.6 is 0 Å². The average molecular weight is 284 g/mol. The van der Waals surface area contributed by atoms with Crippen molar-refractivity contribution in [3.05, 3.63) is 58.4 Å². The standard InChI is InChI=1S/C18H24N2O/c1-5-6-21-16-9-15(10-20-11-16)18(19)17-13(3)7-12(2)8-14(17)4/h7-11,18H,5-6,19H2,1-4H3. The summed E-state index contributed by atoms with van der Waals surface area (Å²) in [4.78, 5) is 4.26. The van der Waals surface area contributed by atoms with Gasteiger partial charge in [-0.25, -0.2) is 0 Å². The highest BCUT2D eigenvalue weighted by atomic mass is 16.5. The molecule has 21 heavy (non-hydrogen) atoms. The van der Waals surface area contributed by atoms with E-state index in [4.69, 9.17) is 10.5 Å². The van der Waals surface area contributed by atoms with Crippen molar-refractivity contribution in [2.75, 3.05) is 6.61 Å². The lowest BCUT2D eigenvalue weighted by Crippen LogP contribution is -2.15. The second-order valence-corrected chi connectivity index (χ2v) is 5.59. The van der Waals surface area contributed by atoms with Gasteiger partial charge in [-0.05, 0) is 55.5 Å². The monoisotopic (exact) mass is 284 g/mol. The summed E-state index contributed by atoms with van der Waals surface area (Å²) >= 11 is 0. The summed E-state index contributed by atoms with van der Waals surface area (Å²) in [6.07, 6.45) is 4.54. The number of hydrogen-bond donors (Lipinski definition) is 1. The SMILES string of the molecule is CCCOc1cncc(C(N)c2c(C)cc(C)cc2C)c1. The third kappa shape index (κ3) is 3.61. The Labute approximate surface area is 127 Å². The molecule has 2 aromatic rings. The molecular formula is C18H24N2O. The molecule has 1 aromatic heterocycles. The number of aryl methyl sites for hydroxylation is 3. The van der Waals surface area contributed by atoms with Crippen molar-refractivity contribution in [1.29, 1.82) is 0 Å². The first-order chi connectivity index (χ1) is 10.0. The number of rotatable bonds is 5. The Morgan fingerprint density at radius 3 is 2.38 bits per heavy atom. The zero-order valence-electron chi connectivity index (χ0n) is 13.3. The molecule has 0 bridgehead atoms. The average Bonchev–Trinajstić information content (AvgIpc) is 2.44. The molecule has 0 saturated carbocycles. The molecule has 0 radical (unpaired) electrons. The number of ether oxygens (including phenoxy) is 1. The number of hydrogen-bond acceptors (Lipinski definition) is 3. The molecule has 3 heteroatoms. The van der Waals surface area contributed by atoms with Crippen LogP contribution in [0.2, 0.25) is 0 Å². The third-order valence-corrected chi connectivity index (χ3v) is 3.62. The number of pyridine rings is 1. The van der Waals surface area contributed by atoms with Gasteiger partial charge in [-0.2, -0.15) is 0 Å². The molecule has 112 valence electrons. The van der Waals surface area contributed by atoms with Crippen LogP contribution in [0.5, 0.6) is 5.75 Å². The van der Waals surface area contributed by atoms with Gasteiger partial charge in [-0.3, -0.25) is 4.98 Å². The first-order valence-electron chi connectivity index (χ1n) is 7.44. The van der Waals surface area contributed by atoms with E-state index in [1.807, 2.05) is 12.3 Å². The summed E-state index contributed by atoms with van der Waals surface area (Å²) in [5.41, 5.74) is 12.3. The minimum absolute atomic E-state index is 0.178. The molecule has 0 spiro atoms. The van der Waals surface area contributed by atoms with E-state index >= 15 is 0 Å². The lowest BCUT2D eigenvalue weighted by Gasteiger charge is -2.19. The summed E-state index contributed by atoms with van der Waals surface area (Å²) in [6, 6.07) is 6.16. The van der Waals surface area contributed by atoms with Gasteiger partial charge in [0.05, 0.1) is 18.8 Å². The number of nitrogens with two attached hydrogens (primary N) is 1. The Bertz CT molecular complexity index is 599. The lowest BCUT2D eigenvalue weighted by atomic mass is 9.91.